The quantitative estimate of drug-likeness (QED) is 0.839. The number of para-hydroxylation sites is 2. The number of hydrogen-bond donors (Lipinski definition) is 2. The molecule has 17 heavy (non-hydrogen) atoms. The lowest BCUT2D eigenvalue weighted by Gasteiger charge is -2.17. The van der Waals surface area contributed by atoms with E-state index in [1.165, 1.54) is 25.8 Å². The largest absolute Gasteiger partial charge is 0.495 e. The van der Waals surface area contributed by atoms with Crippen molar-refractivity contribution in [2.24, 2.45) is 5.92 Å². The molecule has 3 heteroatoms. The van der Waals surface area contributed by atoms with Crippen LogP contribution in [-0.4, -0.2) is 26.7 Å². The van der Waals surface area contributed by atoms with E-state index >= 15 is 0 Å². The van der Waals surface area contributed by atoms with Crippen molar-refractivity contribution >= 4 is 5.69 Å². The average Bonchev–Trinajstić information content (AvgIpc) is 2.65. The standard InChI is InChI=1S/C14H22N2O/c1-17-14-7-3-2-6-13(14)16-11-12-5-4-9-15-10-8-12/h2-3,6-7,12,15-16H,4-5,8-11H2,1H3. The molecular formula is C14H22N2O. The molecule has 0 aliphatic carbocycles. The maximum Gasteiger partial charge on any atom is 0.141 e. The van der Waals surface area contributed by atoms with Gasteiger partial charge in [0.05, 0.1) is 12.8 Å². The van der Waals surface area contributed by atoms with Gasteiger partial charge in [0, 0.05) is 6.54 Å². The van der Waals surface area contributed by atoms with E-state index in [4.69, 9.17) is 4.74 Å². The molecule has 2 rings (SSSR count). The second kappa shape index (κ2) is 6.50. The van der Waals surface area contributed by atoms with Gasteiger partial charge in [-0.25, -0.2) is 0 Å². The molecule has 0 saturated carbocycles. The monoisotopic (exact) mass is 234 g/mol. The molecule has 0 radical (unpaired) electrons. The Morgan fingerprint density at radius 2 is 2.18 bits per heavy atom. The zero-order valence-electron chi connectivity index (χ0n) is 10.5. The summed E-state index contributed by atoms with van der Waals surface area (Å²) in [6.07, 6.45) is 3.87. The molecule has 1 heterocycles. The van der Waals surface area contributed by atoms with E-state index in [0.717, 1.165) is 30.4 Å². The Balaban J connectivity index is 1.87. The van der Waals surface area contributed by atoms with Gasteiger partial charge in [-0.15, -0.1) is 0 Å². The minimum atomic E-state index is 0.773. The van der Waals surface area contributed by atoms with Gasteiger partial charge in [-0.1, -0.05) is 12.1 Å². The SMILES string of the molecule is COc1ccccc1NCC1CCCNCC1. The van der Waals surface area contributed by atoms with E-state index in [1.807, 2.05) is 18.2 Å². The van der Waals surface area contributed by atoms with Gasteiger partial charge in [-0.2, -0.15) is 0 Å². The van der Waals surface area contributed by atoms with Crippen LogP contribution < -0.4 is 15.4 Å². The summed E-state index contributed by atoms with van der Waals surface area (Å²) in [6.45, 7) is 3.37. The van der Waals surface area contributed by atoms with Crippen LogP contribution in [0.1, 0.15) is 19.3 Å². The lowest BCUT2D eigenvalue weighted by Crippen LogP contribution is -2.17. The van der Waals surface area contributed by atoms with Gasteiger partial charge in [0.1, 0.15) is 5.75 Å². The van der Waals surface area contributed by atoms with Crippen LogP contribution in [0.2, 0.25) is 0 Å². The van der Waals surface area contributed by atoms with E-state index in [9.17, 15) is 0 Å². The van der Waals surface area contributed by atoms with Gasteiger partial charge in [0.25, 0.3) is 0 Å². The Labute approximate surface area is 104 Å². The van der Waals surface area contributed by atoms with E-state index in [0.29, 0.717) is 0 Å². The Kier molecular flexibility index (Phi) is 4.68. The van der Waals surface area contributed by atoms with Gasteiger partial charge in [0.2, 0.25) is 0 Å². The first-order valence-electron chi connectivity index (χ1n) is 6.48. The fourth-order valence-electron chi connectivity index (χ4n) is 2.34. The predicted octanol–water partition coefficient (Wildman–Crippen LogP) is 2.50. The topological polar surface area (TPSA) is 33.3 Å². The molecular weight excluding hydrogens is 212 g/mol. The van der Waals surface area contributed by atoms with Crippen LogP contribution in [0, 0.1) is 5.92 Å². The first kappa shape index (κ1) is 12.2. The highest BCUT2D eigenvalue weighted by Gasteiger charge is 2.12. The normalized spacial score (nSPS) is 20.6. The first-order valence-corrected chi connectivity index (χ1v) is 6.48. The van der Waals surface area contributed by atoms with Crippen LogP contribution in [0.25, 0.3) is 0 Å². The summed E-state index contributed by atoms with van der Waals surface area (Å²) in [5.74, 6) is 1.70. The van der Waals surface area contributed by atoms with Gasteiger partial charge in [-0.3, -0.25) is 0 Å². The molecule has 1 aromatic carbocycles. The third-order valence-corrected chi connectivity index (χ3v) is 3.38. The number of methoxy groups -OCH3 is 1. The van der Waals surface area contributed by atoms with Crippen LogP contribution >= 0.6 is 0 Å². The summed E-state index contributed by atoms with van der Waals surface area (Å²) in [4.78, 5) is 0. The molecule has 1 aromatic rings. The number of ether oxygens (including phenoxy) is 1. The summed E-state index contributed by atoms with van der Waals surface area (Å²) in [7, 11) is 1.72. The fraction of sp³-hybridized carbons (Fsp3) is 0.571. The summed E-state index contributed by atoms with van der Waals surface area (Å²) in [6, 6.07) is 8.11. The van der Waals surface area contributed by atoms with Crippen LogP contribution in [0.3, 0.4) is 0 Å². The van der Waals surface area contributed by atoms with E-state index in [-0.39, 0.29) is 0 Å². The van der Waals surface area contributed by atoms with Crippen LogP contribution in [-0.2, 0) is 0 Å². The number of rotatable bonds is 4. The lowest BCUT2D eigenvalue weighted by atomic mass is 10.0. The van der Waals surface area contributed by atoms with Gasteiger partial charge >= 0.3 is 0 Å². The summed E-state index contributed by atoms with van der Waals surface area (Å²) in [5.41, 5.74) is 1.10. The maximum absolute atomic E-state index is 5.34. The Morgan fingerprint density at radius 1 is 1.29 bits per heavy atom. The highest BCUT2D eigenvalue weighted by molar-refractivity contribution is 5.56. The smallest absolute Gasteiger partial charge is 0.141 e. The second-order valence-corrected chi connectivity index (χ2v) is 4.63. The fourth-order valence-corrected chi connectivity index (χ4v) is 2.34. The number of hydrogen-bond acceptors (Lipinski definition) is 3. The van der Waals surface area contributed by atoms with Gasteiger partial charge in [-0.05, 0) is 50.4 Å². The summed E-state index contributed by atoms with van der Waals surface area (Å²) >= 11 is 0. The second-order valence-electron chi connectivity index (χ2n) is 4.63. The molecule has 0 aromatic heterocycles. The number of anilines is 1. The minimum absolute atomic E-state index is 0.773. The average molecular weight is 234 g/mol. The molecule has 3 nitrogen and oxygen atoms in total. The van der Waals surface area contributed by atoms with Crippen molar-refractivity contribution in [2.75, 3.05) is 32.1 Å². The Morgan fingerprint density at radius 3 is 3.06 bits per heavy atom. The predicted molar refractivity (Wildman–Crippen MR) is 71.7 cm³/mol. The zero-order chi connectivity index (χ0) is 11.9. The molecule has 1 fully saturated rings. The van der Waals surface area contributed by atoms with E-state index in [1.54, 1.807) is 7.11 Å². The Bertz CT molecular complexity index is 333. The highest BCUT2D eigenvalue weighted by atomic mass is 16.5. The molecule has 1 atom stereocenters. The first-order chi connectivity index (χ1) is 8.40. The summed E-state index contributed by atoms with van der Waals surface area (Å²) < 4.78 is 5.34. The summed E-state index contributed by atoms with van der Waals surface area (Å²) in [5, 5.41) is 6.95. The van der Waals surface area contributed by atoms with Gasteiger partial charge < -0.3 is 15.4 Å². The minimum Gasteiger partial charge on any atom is -0.495 e. The molecule has 1 aliphatic heterocycles. The molecule has 0 spiro atoms. The maximum atomic E-state index is 5.34. The Hall–Kier alpha value is -1.22. The van der Waals surface area contributed by atoms with E-state index in [2.05, 4.69) is 16.7 Å². The third kappa shape index (κ3) is 3.63. The van der Waals surface area contributed by atoms with Crippen molar-refractivity contribution in [1.29, 1.82) is 0 Å². The molecule has 2 N–H and O–H groups in total. The zero-order valence-corrected chi connectivity index (χ0v) is 10.5. The van der Waals surface area contributed by atoms with Crippen molar-refractivity contribution in [2.45, 2.75) is 19.3 Å². The molecule has 1 aliphatic rings. The van der Waals surface area contributed by atoms with Gasteiger partial charge in [0.15, 0.2) is 0 Å². The van der Waals surface area contributed by atoms with Crippen LogP contribution in [0.5, 0.6) is 5.75 Å². The van der Waals surface area contributed by atoms with Crippen LogP contribution in [0.15, 0.2) is 24.3 Å². The number of benzene rings is 1. The van der Waals surface area contributed by atoms with Crippen molar-refractivity contribution in [3.8, 4) is 5.75 Å². The molecule has 0 amide bonds. The van der Waals surface area contributed by atoms with Crippen molar-refractivity contribution in [3.63, 3.8) is 0 Å². The third-order valence-electron chi connectivity index (χ3n) is 3.38. The highest BCUT2D eigenvalue weighted by Crippen LogP contribution is 2.24. The van der Waals surface area contributed by atoms with E-state index < -0.39 is 0 Å². The van der Waals surface area contributed by atoms with Crippen LogP contribution in [0.4, 0.5) is 5.69 Å². The molecule has 0 bridgehead atoms. The molecule has 1 saturated heterocycles. The molecule has 1 unspecified atom stereocenters. The van der Waals surface area contributed by atoms with Crippen molar-refractivity contribution in [3.05, 3.63) is 24.3 Å². The van der Waals surface area contributed by atoms with Crippen molar-refractivity contribution < 1.29 is 4.74 Å². The number of nitrogens with one attached hydrogen (secondary N) is 2. The van der Waals surface area contributed by atoms with Crippen molar-refractivity contribution in [1.82, 2.24) is 5.32 Å². The lowest BCUT2D eigenvalue weighted by molar-refractivity contribution is 0.415. The molecule has 94 valence electrons.